The average Bonchev–Trinajstić information content (AvgIpc) is 2.08. The van der Waals surface area contributed by atoms with E-state index < -0.39 is 0 Å². The third-order valence-electron chi connectivity index (χ3n) is 1.61. The summed E-state index contributed by atoms with van der Waals surface area (Å²) in [6, 6.07) is 0. The van der Waals surface area contributed by atoms with Gasteiger partial charge in [-0.2, -0.15) is 4.73 Å². The third kappa shape index (κ3) is 2.24. The Bertz CT molecular complexity index is 319. The van der Waals surface area contributed by atoms with Crippen molar-refractivity contribution in [3.8, 4) is 5.75 Å². The Balaban J connectivity index is 0.00000144. The fourth-order valence-electron chi connectivity index (χ4n) is 0.821. The topological polar surface area (TPSA) is 67.4 Å². The lowest BCUT2D eigenvalue weighted by molar-refractivity contribution is -0.613. The van der Waals surface area contributed by atoms with Crippen molar-refractivity contribution in [2.24, 2.45) is 0 Å². The molecule has 0 amide bonds. The van der Waals surface area contributed by atoms with Gasteiger partial charge in [0, 0.05) is 6.92 Å². The molecule has 0 aliphatic heterocycles. The standard InChI is InChI=1S/C7H8BrNO3.ClH/c1-4-7(11)6(8)5(3-10)2-9(4)12;/h2,10-11H,3H2,1H3;1H. The van der Waals surface area contributed by atoms with Gasteiger partial charge < -0.3 is 15.4 Å². The first kappa shape index (κ1) is 12.5. The molecule has 1 aromatic rings. The molecular formula is C7H9BrClNO3. The van der Waals surface area contributed by atoms with Crippen LogP contribution in [0.5, 0.6) is 5.75 Å². The number of aliphatic hydroxyl groups excluding tert-OH is 1. The predicted octanol–water partition coefficient (Wildman–Crippen LogP) is 1.01. The van der Waals surface area contributed by atoms with Crippen molar-refractivity contribution in [1.82, 2.24) is 0 Å². The van der Waals surface area contributed by atoms with Gasteiger partial charge in [-0.3, -0.25) is 0 Å². The van der Waals surface area contributed by atoms with Crippen molar-refractivity contribution in [1.29, 1.82) is 0 Å². The molecule has 1 heterocycles. The molecule has 4 nitrogen and oxygen atoms in total. The Kier molecular flexibility index (Phi) is 4.46. The molecule has 13 heavy (non-hydrogen) atoms. The Morgan fingerprint density at radius 1 is 1.62 bits per heavy atom. The quantitative estimate of drug-likeness (QED) is 0.591. The molecule has 0 bridgehead atoms. The first-order valence-electron chi connectivity index (χ1n) is 3.29. The maximum atomic E-state index is 11.0. The van der Waals surface area contributed by atoms with Gasteiger partial charge in [0.2, 0.25) is 5.69 Å². The Morgan fingerprint density at radius 2 is 2.15 bits per heavy atom. The van der Waals surface area contributed by atoms with Gasteiger partial charge in [0.1, 0.15) is 0 Å². The average molecular weight is 271 g/mol. The Hall–Kier alpha value is -0.520. The number of aliphatic hydroxyl groups is 1. The van der Waals surface area contributed by atoms with Crippen LogP contribution >= 0.6 is 28.3 Å². The molecule has 0 radical (unpaired) electrons. The summed E-state index contributed by atoms with van der Waals surface area (Å²) in [5, 5.41) is 29.1. The van der Waals surface area contributed by atoms with Crippen LogP contribution in [-0.2, 0) is 6.61 Å². The highest BCUT2D eigenvalue weighted by atomic mass is 79.9. The van der Waals surface area contributed by atoms with E-state index >= 15 is 0 Å². The van der Waals surface area contributed by atoms with E-state index in [1.54, 1.807) is 0 Å². The van der Waals surface area contributed by atoms with Crippen LogP contribution < -0.4 is 4.73 Å². The van der Waals surface area contributed by atoms with Gasteiger partial charge in [0.15, 0.2) is 11.9 Å². The lowest BCUT2D eigenvalue weighted by Crippen LogP contribution is -2.30. The van der Waals surface area contributed by atoms with Gasteiger partial charge >= 0.3 is 0 Å². The van der Waals surface area contributed by atoms with Gasteiger partial charge in [0.25, 0.3) is 0 Å². The summed E-state index contributed by atoms with van der Waals surface area (Å²) in [5.41, 5.74) is 0.576. The van der Waals surface area contributed by atoms with Gasteiger partial charge in [-0.25, -0.2) is 0 Å². The van der Waals surface area contributed by atoms with Crippen molar-refractivity contribution in [3.63, 3.8) is 0 Å². The number of aromatic hydroxyl groups is 1. The number of pyridine rings is 1. The molecule has 0 aliphatic rings. The number of aromatic nitrogens is 1. The summed E-state index contributed by atoms with van der Waals surface area (Å²) in [5.74, 6) is -0.128. The Labute approximate surface area is 89.9 Å². The molecule has 1 aromatic heterocycles. The number of halogens is 2. The molecule has 0 saturated carbocycles. The minimum absolute atomic E-state index is 0. The third-order valence-corrected chi connectivity index (χ3v) is 2.49. The molecule has 0 aromatic carbocycles. The molecule has 0 atom stereocenters. The highest BCUT2D eigenvalue weighted by molar-refractivity contribution is 9.10. The second kappa shape index (κ2) is 4.64. The van der Waals surface area contributed by atoms with E-state index in [4.69, 9.17) is 5.11 Å². The smallest absolute Gasteiger partial charge is 0.232 e. The minimum Gasteiger partial charge on any atom is -0.618 e. The summed E-state index contributed by atoms with van der Waals surface area (Å²) in [7, 11) is 0. The van der Waals surface area contributed by atoms with Crippen LogP contribution in [-0.4, -0.2) is 10.2 Å². The Morgan fingerprint density at radius 3 is 2.62 bits per heavy atom. The molecule has 1 rings (SSSR count). The highest BCUT2D eigenvalue weighted by Gasteiger charge is 2.15. The summed E-state index contributed by atoms with van der Waals surface area (Å²) >= 11 is 3.06. The largest absolute Gasteiger partial charge is 0.618 e. The van der Waals surface area contributed by atoms with Gasteiger partial charge in [-0.15, -0.1) is 12.4 Å². The molecule has 0 unspecified atom stereocenters. The van der Waals surface area contributed by atoms with Gasteiger partial charge in [-0.05, 0) is 15.9 Å². The molecule has 0 fully saturated rings. The van der Waals surface area contributed by atoms with Gasteiger partial charge in [0.05, 0.1) is 16.6 Å². The molecule has 0 spiro atoms. The SMILES string of the molecule is Cc1c(O)c(Br)c(CO)c[n+]1[O-].Cl. The monoisotopic (exact) mass is 269 g/mol. The van der Waals surface area contributed by atoms with Crippen molar-refractivity contribution in [3.05, 3.63) is 27.1 Å². The van der Waals surface area contributed by atoms with Crippen LogP contribution in [0.4, 0.5) is 0 Å². The van der Waals surface area contributed by atoms with Crippen molar-refractivity contribution >= 4 is 28.3 Å². The molecule has 74 valence electrons. The fraction of sp³-hybridized carbons (Fsp3) is 0.286. The van der Waals surface area contributed by atoms with Crippen LogP contribution in [0.2, 0.25) is 0 Å². The molecular weight excluding hydrogens is 261 g/mol. The zero-order chi connectivity index (χ0) is 9.30. The first-order valence-corrected chi connectivity index (χ1v) is 4.08. The summed E-state index contributed by atoms with van der Waals surface area (Å²) in [4.78, 5) is 0. The second-order valence-electron chi connectivity index (χ2n) is 2.39. The van der Waals surface area contributed by atoms with Crippen molar-refractivity contribution in [2.45, 2.75) is 13.5 Å². The minimum atomic E-state index is -0.281. The summed E-state index contributed by atoms with van der Waals surface area (Å²) in [6.07, 6.45) is 1.22. The van der Waals surface area contributed by atoms with E-state index in [-0.39, 0.29) is 30.5 Å². The van der Waals surface area contributed by atoms with E-state index in [1.165, 1.54) is 13.1 Å². The van der Waals surface area contributed by atoms with Crippen LogP contribution in [0.15, 0.2) is 10.7 Å². The normalized spacial score (nSPS) is 9.46. The van der Waals surface area contributed by atoms with Crippen LogP contribution in [0, 0.1) is 12.1 Å². The van der Waals surface area contributed by atoms with Gasteiger partial charge in [-0.1, -0.05) is 0 Å². The molecule has 0 saturated heterocycles. The predicted molar refractivity (Wildman–Crippen MR) is 52.7 cm³/mol. The lowest BCUT2D eigenvalue weighted by atomic mass is 10.2. The maximum Gasteiger partial charge on any atom is 0.232 e. The first-order chi connectivity index (χ1) is 5.57. The van der Waals surface area contributed by atoms with Crippen LogP contribution in [0.1, 0.15) is 11.3 Å². The second-order valence-corrected chi connectivity index (χ2v) is 3.18. The molecule has 2 N–H and O–H groups in total. The van der Waals surface area contributed by atoms with E-state index in [2.05, 4.69) is 15.9 Å². The zero-order valence-electron chi connectivity index (χ0n) is 6.82. The van der Waals surface area contributed by atoms with Crippen molar-refractivity contribution in [2.75, 3.05) is 0 Å². The lowest BCUT2D eigenvalue weighted by Gasteiger charge is -2.06. The molecule has 0 aliphatic carbocycles. The van der Waals surface area contributed by atoms with Crippen LogP contribution in [0.3, 0.4) is 0 Å². The zero-order valence-corrected chi connectivity index (χ0v) is 9.22. The maximum absolute atomic E-state index is 11.0. The summed E-state index contributed by atoms with van der Waals surface area (Å²) in [6.45, 7) is 1.21. The number of rotatable bonds is 1. The fourth-order valence-corrected chi connectivity index (χ4v) is 1.34. The number of nitrogens with zero attached hydrogens (tertiary/aromatic N) is 1. The summed E-state index contributed by atoms with van der Waals surface area (Å²) < 4.78 is 0.889. The van der Waals surface area contributed by atoms with Crippen molar-refractivity contribution < 1.29 is 14.9 Å². The highest BCUT2D eigenvalue weighted by Crippen LogP contribution is 2.28. The van der Waals surface area contributed by atoms with E-state index in [9.17, 15) is 10.3 Å². The van der Waals surface area contributed by atoms with E-state index in [1.807, 2.05) is 0 Å². The van der Waals surface area contributed by atoms with Crippen LogP contribution in [0.25, 0.3) is 0 Å². The molecule has 6 heteroatoms. The van der Waals surface area contributed by atoms with E-state index in [0.29, 0.717) is 14.8 Å². The number of hydrogen-bond donors (Lipinski definition) is 2. The van der Waals surface area contributed by atoms with E-state index in [0.717, 1.165) is 0 Å². The number of hydrogen-bond acceptors (Lipinski definition) is 3.